The maximum Gasteiger partial charge on any atom is 0.0644 e. The summed E-state index contributed by atoms with van der Waals surface area (Å²) < 4.78 is 6.62. The zero-order valence-electron chi connectivity index (χ0n) is 10.7. The van der Waals surface area contributed by atoms with Gasteiger partial charge in [0.1, 0.15) is 0 Å². The molecule has 1 rings (SSSR count). The SMILES string of the molecule is CC(C)OCCN(C)c1ccc(CN)cc1Br. The lowest BCUT2D eigenvalue weighted by atomic mass is 10.2. The van der Waals surface area contributed by atoms with Crippen LogP contribution in [0.15, 0.2) is 22.7 Å². The molecule has 17 heavy (non-hydrogen) atoms. The van der Waals surface area contributed by atoms with E-state index in [2.05, 4.69) is 46.1 Å². The van der Waals surface area contributed by atoms with Gasteiger partial charge in [0.25, 0.3) is 0 Å². The molecule has 0 heterocycles. The molecule has 2 N–H and O–H groups in total. The fraction of sp³-hybridized carbons (Fsp3) is 0.538. The summed E-state index contributed by atoms with van der Waals surface area (Å²) in [5.41, 5.74) is 7.90. The first-order valence-corrected chi connectivity index (χ1v) is 6.65. The first kappa shape index (κ1) is 14.5. The summed E-state index contributed by atoms with van der Waals surface area (Å²) in [6.07, 6.45) is 0.284. The van der Waals surface area contributed by atoms with Crippen molar-refractivity contribution in [3.63, 3.8) is 0 Å². The Bertz CT molecular complexity index is 355. The predicted octanol–water partition coefficient (Wildman–Crippen LogP) is 2.77. The number of anilines is 1. The Morgan fingerprint density at radius 2 is 2.12 bits per heavy atom. The van der Waals surface area contributed by atoms with Crippen molar-refractivity contribution in [3.8, 4) is 0 Å². The average Bonchev–Trinajstić information content (AvgIpc) is 2.28. The lowest BCUT2D eigenvalue weighted by Crippen LogP contribution is -2.24. The molecule has 0 unspecified atom stereocenters. The van der Waals surface area contributed by atoms with Crippen LogP contribution in [0.25, 0.3) is 0 Å². The van der Waals surface area contributed by atoms with E-state index in [9.17, 15) is 0 Å². The molecule has 3 nitrogen and oxygen atoms in total. The first-order valence-electron chi connectivity index (χ1n) is 5.85. The number of hydrogen-bond acceptors (Lipinski definition) is 3. The van der Waals surface area contributed by atoms with Gasteiger partial charge in [0.05, 0.1) is 18.4 Å². The highest BCUT2D eigenvalue weighted by molar-refractivity contribution is 9.10. The van der Waals surface area contributed by atoms with Gasteiger partial charge in [-0.05, 0) is 47.5 Å². The van der Waals surface area contributed by atoms with Gasteiger partial charge in [-0.3, -0.25) is 0 Å². The summed E-state index contributed by atoms with van der Waals surface area (Å²) in [5, 5.41) is 0. The number of halogens is 1. The molecule has 0 fully saturated rings. The van der Waals surface area contributed by atoms with Gasteiger partial charge in [0.2, 0.25) is 0 Å². The Morgan fingerprint density at radius 3 is 2.65 bits per heavy atom. The van der Waals surface area contributed by atoms with Crippen molar-refractivity contribution in [1.82, 2.24) is 0 Å². The van der Waals surface area contributed by atoms with Crippen molar-refractivity contribution in [3.05, 3.63) is 28.2 Å². The van der Waals surface area contributed by atoms with E-state index >= 15 is 0 Å². The quantitative estimate of drug-likeness (QED) is 0.878. The van der Waals surface area contributed by atoms with E-state index in [-0.39, 0.29) is 6.10 Å². The molecule has 96 valence electrons. The molecule has 0 aliphatic heterocycles. The van der Waals surface area contributed by atoms with Gasteiger partial charge in [0.15, 0.2) is 0 Å². The predicted molar refractivity (Wildman–Crippen MR) is 76.4 cm³/mol. The molecule has 0 aliphatic rings. The Labute approximate surface area is 112 Å². The van der Waals surface area contributed by atoms with E-state index in [0.29, 0.717) is 6.54 Å². The van der Waals surface area contributed by atoms with Crippen LogP contribution >= 0.6 is 15.9 Å². The number of rotatable bonds is 6. The molecule has 0 saturated carbocycles. The van der Waals surface area contributed by atoms with Crippen LogP contribution in [-0.2, 0) is 11.3 Å². The van der Waals surface area contributed by atoms with Crippen LogP contribution in [0.3, 0.4) is 0 Å². The Hall–Kier alpha value is -0.580. The average molecular weight is 301 g/mol. The summed E-state index contributed by atoms with van der Waals surface area (Å²) in [5.74, 6) is 0. The van der Waals surface area contributed by atoms with Gasteiger partial charge in [-0.25, -0.2) is 0 Å². The normalized spacial score (nSPS) is 10.9. The highest BCUT2D eigenvalue weighted by Gasteiger charge is 2.06. The third-order valence-electron chi connectivity index (χ3n) is 2.54. The van der Waals surface area contributed by atoms with Crippen molar-refractivity contribution < 1.29 is 4.74 Å². The van der Waals surface area contributed by atoms with Crippen LogP contribution in [0.5, 0.6) is 0 Å². The summed E-state index contributed by atoms with van der Waals surface area (Å²) >= 11 is 3.57. The van der Waals surface area contributed by atoms with Crippen LogP contribution in [0.4, 0.5) is 5.69 Å². The highest BCUT2D eigenvalue weighted by atomic mass is 79.9. The molecule has 0 atom stereocenters. The van der Waals surface area contributed by atoms with Crippen LogP contribution in [0.2, 0.25) is 0 Å². The third-order valence-corrected chi connectivity index (χ3v) is 3.17. The van der Waals surface area contributed by atoms with Crippen LogP contribution in [0.1, 0.15) is 19.4 Å². The van der Waals surface area contributed by atoms with Crippen LogP contribution in [-0.4, -0.2) is 26.3 Å². The monoisotopic (exact) mass is 300 g/mol. The van der Waals surface area contributed by atoms with Crippen molar-refractivity contribution in [2.45, 2.75) is 26.5 Å². The van der Waals surface area contributed by atoms with E-state index in [1.54, 1.807) is 0 Å². The Kier molecular flexibility index (Phi) is 5.95. The van der Waals surface area contributed by atoms with Gasteiger partial charge in [-0.1, -0.05) is 6.07 Å². The standard InChI is InChI=1S/C13H21BrN2O/c1-10(2)17-7-6-16(3)13-5-4-11(9-15)8-12(13)14/h4-5,8,10H,6-7,9,15H2,1-3H3. The first-order chi connectivity index (χ1) is 8.04. The maximum atomic E-state index is 5.60. The molecule has 0 aliphatic carbocycles. The molecule has 0 saturated heterocycles. The fourth-order valence-corrected chi connectivity index (χ4v) is 2.26. The summed E-state index contributed by atoms with van der Waals surface area (Å²) in [4.78, 5) is 2.17. The fourth-order valence-electron chi connectivity index (χ4n) is 1.53. The molecule has 4 heteroatoms. The second-order valence-corrected chi connectivity index (χ2v) is 5.19. The highest BCUT2D eigenvalue weighted by Crippen LogP contribution is 2.26. The largest absolute Gasteiger partial charge is 0.377 e. The number of likely N-dealkylation sites (N-methyl/N-ethyl adjacent to an activating group) is 1. The molecule has 0 aromatic heterocycles. The van der Waals surface area contributed by atoms with Gasteiger partial charge >= 0.3 is 0 Å². The Morgan fingerprint density at radius 1 is 1.41 bits per heavy atom. The summed E-state index contributed by atoms with van der Waals surface area (Å²) in [6.45, 7) is 6.27. The molecule has 0 bridgehead atoms. The molecular weight excluding hydrogens is 280 g/mol. The Balaban J connectivity index is 2.59. The van der Waals surface area contributed by atoms with Gasteiger partial charge in [0, 0.05) is 24.6 Å². The molecule has 0 amide bonds. The van der Waals surface area contributed by atoms with Gasteiger partial charge in [-0.15, -0.1) is 0 Å². The summed E-state index contributed by atoms with van der Waals surface area (Å²) in [6, 6.07) is 6.21. The molecule has 1 aromatic rings. The number of nitrogens with two attached hydrogens (primary N) is 1. The van der Waals surface area contributed by atoms with Gasteiger partial charge in [-0.2, -0.15) is 0 Å². The van der Waals surface area contributed by atoms with E-state index in [1.165, 1.54) is 0 Å². The maximum absolute atomic E-state index is 5.60. The summed E-state index contributed by atoms with van der Waals surface area (Å²) in [7, 11) is 2.06. The topological polar surface area (TPSA) is 38.5 Å². The lowest BCUT2D eigenvalue weighted by Gasteiger charge is -2.21. The second kappa shape index (κ2) is 6.99. The lowest BCUT2D eigenvalue weighted by molar-refractivity contribution is 0.0846. The minimum atomic E-state index is 0.284. The van der Waals surface area contributed by atoms with E-state index in [4.69, 9.17) is 10.5 Å². The van der Waals surface area contributed by atoms with Crippen molar-refractivity contribution in [1.29, 1.82) is 0 Å². The van der Waals surface area contributed by atoms with Crippen molar-refractivity contribution >= 4 is 21.6 Å². The molecule has 0 spiro atoms. The number of hydrogen-bond donors (Lipinski definition) is 1. The molecular formula is C13H21BrN2O. The molecule has 0 radical (unpaired) electrons. The van der Waals surface area contributed by atoms with Crippen LogP contribution in [0, 0.1) is 0 Å². The number of ether oxygens (including phenoxy) is 1. The van der Waals surface area contributed by atoms with Crippen molar-refractivity contribution in [2.75, 3.05) is 25.1 Å². The van der Waals surface area contributed by atoms with E-state index in [1.807, 2.05) is 13.8 Å². The van der Waals surface area contributed by atoms with E-state index in [0.717, 1.165) is 28.9 Å². The molecule has 1 aromatic carbocycles. The van der Waals surface area contributed by atoms with Gasteiger partial charge < -0.3 is 15.4 Å². The minimum absolute atomic E-state index is 0.284. The number of benzene rings is 1. The van der Waals surface area contributed by atoms with E-state index < -0.39 is 0 Å². The second-order valence-electron chi connectivity index (χ2n) is 4.33. The third kappa shape index (κ3) is 4.66. The number of nitrogens with zero attached hydrogens (tertiary/aromatic N) is 1. The zero-order chi connectivity index (χ0) is 12.8. The van der Waals surface area contributed by atoms with Crippen LogP contribution < -0.4 is 10.6 Å². The van der Waals surface area contributed by atoms with Crippen molar-refractivity contribution in [2.24, 2.45) is 5.73 Å². The smallest absolute Gasteiger partial charge is 0.0644 e. The minimum Gasteiger partial charge on any atom is -0.377 e. The zero-order valence-corrected chi connectivity index (χ0v) is 12.3.